The summed E-state index contributed by atoms with van der Waals surface area (Å²) in [5.41, 5.74) is -5.51. The van der Waals surface area contributed by atoms with E-state index in [4.69, 9.17) is 9.79 Å². The smallest absolute Gasteiger partial charge is 0.337 e. The van der Waals surface area contributed by atoms with Gasteiger partial charge in [-0.25, -0.2) is 8.42 Å². The molecule has 0 aromatic heterocycles. The Kier molecular flexibility index (Phi) is 3.21. The van der Waals surface area contributed by atoms with Gasteiger partial charge in [0, 0.05) is 0 Å². The molecule has 0 aromatic carbocycles. The van der Waals surface area contributed by atoms with Gasteiger partial charge in [0.2, 0.25) is 0 Å². The molecular weight excluding hydrogens is 210 g/mol. The summed E-state index contributed by atoms with van der Waals surface area (Å²) in [6, 6.07) is 0. The molecule has 0 atom stereocenters. The summed E-state index contributed by atoms with van der Waals surface area (Å²) in [6.07, 6.45) is 0. The summed E-state index contributed by atoms with van der Waals surface area (Å²) in [6.45, 7) is 0. The van der Waals surface area contributed by atoms with Crippen LogP contribution in [-0.4, -0.2) is 23.7 Å². The van der Waals surface area contributed by atoms with Crippen LogP contribution in [0.1, 0.15) is 0 Å². The quantitative estimate of drug-likeness (QED) is 0.546. The third-order valence-corrected chi connectivity index (χ3v) is 2.73. The molecule has 0 saturated carbocycles. The van der Waals surface area contributed by atoms with Crippen molar-refractivity contribution in [3.63, 3.8) is 0 Å². The van der Waals surface area contributed by atoms with Gasteiger partial charge in [0.05, 0.1) is 0 Å². The van der Waals surface area contributed by atoms with E-state index in [2.05, 4.69) is 0 Å². The van der Waals surface area contributed by atoms with Gasteiger partial charge in [-0.2, -0.15) is 13.2 Å². The lowest BCUT2D eigenvalue weighted by Crippen LogP contribution is -2.33. The largest absolute Gasteiger partial charge is 0.511 e. The average molecular weight is 213 g/mol. The van der Waals surface area contributed by atoms with E-state index in [0.29, 0.717) is 4.49 Å². The van der Waals surface area contributed by atoms with E-state index in [-0.39, 0.29) is 0 Å². The molecule has 0 aromatic rings. The van der Waals surface area contributed by atoms with Crippen LogP contribution in [0.15, 0.2) is 0 Å². The van der Waals surface area contributed by atoms with E-state index in [1.165, 1.54) is 0 Å². The Morgan fingerprint density at radius 3 is 1.73 bits per heavy atom. The highest BCUT2D eigenvalue weighted by Gasteiger charge is 2.46. The monoisotopic (exact) mass is 213 g/mol. The first-order valence-electron chi connectivity index (χ1n) is 1.93. The molecule has 0 rings (SSSR count). The zero-order valence-electron chi connectivity index (χ0n) is 4.70. The van der Waals surface area contributed by atoms with Crippen molar-refractivity contribution in [1.29, 1.82) is 0 Å². The first kappa shape index (κ1) is 11.1. The molecule has 0 amide bonds. The van der Waals surface area contributed by atoms with Crippen molar-refractivity contribution in [3.8, 4) is 0 Å². The normalized spacial score (nSPS) is 14.0. The maximum atomic E-state index is 11.3. The fourth-order valence-corrected chi connectivity index (χ4v) is 1.43. The van der Waals surface area contributed by atoms with E-state index in [9.17, 15) is 21.6 Å². The lowest BCUT2D eigenvalue weighted by Gasteiger charge is -2.08. The molecule has 0 unspecified atom stereocenters. The molecule has 0 aliphatic carbocycles. The molecule has 5 nitrogen and oxygen atoms in total. The molecule has 0 saturated heterocycles. The Balaban J connectivity index is 4.51. The molecule has 0 bridgehead atoms. The number of hydrogen-bond donors (Lipinski definition) is 3. The van der Waals surface area contributed by atoms with Crippen molar-refractivity contribution in [2.24, 2.45) is 0 Å². The third-order valence-electron chi connectivity index (χ3n) is 0.507. The topological polar surface area (TPSA) is 86.6 Å². The third kappa shape index (κ3) is 3.30. The zero-order chi connectivity index (χ0) is 9.28. The number of hydrogen-bond acceptors (Lipinski definition) is 4. The van der Waals surface area contributed by atoms with Crippen molar-refractivity contribution >= 4 is 18.5 Å². The minimum atomic E-state index is -5.62. The predicted octanol–water partition coefficient (Wildman–Crippen LogP) is -0.363. The summed E-state index contributed by atoms with van der Waals surface area (Å²) in [5, 5.41) is 0. The minimum Gasteiger partial charge on any atom is -0.337 e. The van der Waals surface area contributed by atoms with Crippen molar-refractivity contribution in [2.75, 3.05) is 0 Å². The molecule has 0 spiro atoms. The molecule has 3 N–H and O–H groups in total. The van der Waals surface area contributed by atoms with Crippen LogP contribution in [-0.2, 0) is 10.0 Å². The van der Waals surface area contributed by atoms with Gasteiger partial charge in [0.25, 0.3) is 8.53 Å². The summed E-state index contributed by atoms with van der Waals surface area (Å²) in [7, 11) is -8.93. The molecule has 0 aliphatic rings. The summed E-state index contributed by atoms with van der Waals surface area (Å²) < 4.78 is 54.4. The van der Waals surface area contributed by atoms with Gasteiger partial charge >= 0.3 is 15.5 Å². The second-order valence-electron chi connectivity index (χ2n) is 1.33. The number of halogens is 3. The van der Waals surface area contributed by atoms with Crippen molar-refractivity contribution in [3.05, 3.63) is 0 Å². The Morgan fingerprint density at radius 2 is 1.64 bits per heavy atom. The number of alkyl halides is 3. The maximum absolute atomic E-state index is 11.3. The van der Waals surface area contributed by atoms with E-state index in [1.807, 2.05) is 0 Å². The Morgan fingerprint density at radius 1 is 1.27 bits per heavy atom. The second-order valence-corrected chi connectivity index (χ2v) is 4.11. The Labute approximate surface area is 60.9 Å². The summed E-state index contributed by atoms with van der Waals surface area (Å²) in [5.74, 6) is 0. The number of nitrogens with one attached hydrogen (secondary N) is 1. The molecule has 10 heteroatoms. The fraction of sp³-hybridized carbons (Fsp3) is 1.00. The van der Waals surface area contributed by atoms with Crippen LogP contribution < -0.4 is 4.49 Å². The van der Waals surface area contributed by atoms with Gasteiger partial charge < -0.3 is 9.79 Å². The number of rotatable bonds is 2. The van der Waals surface area contributed by atoms with E-state index < -0.39 is 24.1 Å². The highest BCUT2D eigenvalue weighted by atomic mass is 32.2. The van der Waals surface area contributed by atoms with Gasteiger partial charge in [-0.3, -0.25) is 0 Å². The van der Waals surface area contributed by atoms with E-state index in [1.54, 1.807) is 0 Å². The first-order chi connectivity index (χ1) is 4.67. The average Bonchev–Trinajstić information content (AvgIpc) is 1.56. The molecule has 0 fully saturated rings. The summed E-state index contributed by atoms with van der Waals surface area (Å²) in [4.78, 5) is 15.8. The SMILES string of the molecule is O=S(=O)(NP(O)O)C(F)(F)F. The zero-order valence-corrected chi connectivity index (χ0v) is 6.41. The van der Waals surface area contributed by atoms with Gasteiger partial charge in [-0.15, -0.1) is 4.49 Å². The van der Waals surface area contributed by atoms with Crippen LogP contribution in [0, 0.1) is 0 Å². The van der Waals surface area contributed by atoms with Crippen LogP contribution in [0.25, 0.3) is 0 Å². The molecular formula is CH3F3NO4PS. The highest BCUT2D eigenvalue weighted by molar-refractivity contribution is 7.94. The van der Waals surface area contributed by atoms with Gasteiger partial charge in [-0.1, -0.05) is 0 Å². The van der Waals surface area contributed by atoms with Crippen LogP contribution in [0.5, 0.6) is 0 Å². The van der Waals surface area contributed by atoms with Crippen molar-refractivity contribution in [1.82, 2.24) is 4.49 Å². The lowest BCUT2D eigenvalue weighted by atomic mass is 11.6. The first-order valence-corrected chi connectivity index (χ1v) is 4.66. The van der Waals surface area contributed by atoms with E-state index in [0.717, 1.165) is 0 Å². The molecule has 11 heavy (non-hydrogen) atoms. The van der Waals surface area contributed by atoms with Gasteiger partial charge in [-0.05, 0) is 0 Å². The van der Waals surface area contributed by atoms with Gasteiger partial charge in [0.1, 0.15) is 0 Å². The molecule has 0 aliphatic heterocycles. The van der Waals surface area contributed by atoms with Crippen molar-refractivity contribution < 1.29 is 31.4 Å². The van der Waals surface area contributed by atoms with Crippen LogP contribution in [0.4, 0.5) is 13.2 Å². The molecule has 68 valence electrons. The highest BCUT2D eigenvalue weighted by Crippen LogP contribution is 2.28. The maximum Gasteiger partial charge on any atom is 0.511 e. The Hall–Kier alpha value is 0.0500. The van der Waals surface area contributed by atoms with Gasteiger partial charge in [0.15, 0.2) is 0 Å². The van der Waals surface area contributed by atoms with Crippen molar-refractivity contribution in [2.45, 2.75) is 5.51 Å². The fourth-order valence-electron chi connectivity index (χ4n) is 0.159. The Bertz CT molecular complexity index is 220. The van der Waals surface area contributed by atoms with Crippen LogP contribution in [0.3, 0.4) is 0 Å². The van der Waals surface area contributed by atoms with Crippen LogP contribution >= 0.6 is 8.53 Å². The summed E-state index contributed by atoms with van der Waals surface area (Å²) >= 11 is 0. The second kappa shape index (κ2) is 3.20. The van der Waals surface area contributed by atoms with E-state index >= 15 is 0 Å². The lowest BCUT2D eigenvalue weighted by molar-refractivity contribution is -0.0442. The molecule has 0 radical (unpaired) electrons. The standard InChI is InChI=1S/CH3F3NO4PS/c2-1(3,4)11(8,9)5-10(6)7/h5-7H. The minimum absolute atomic E-state index is 0.582. The predicted molar refractivity (Wildman–Crippen MR) is 29.5 cm³/mol. The molecule has 0 heterocycles. The number of sulfonamides is 1. The van der Waals surface area contributed by atoms with Crippen LogP contribution in [0.2, 0.25) is 0 Å².